The van der Waals surface area contributed by atoms with Crippen molar-refractivity contribution in [1.29, 1.82) is 0 Å². The Bertz CT molecular complexity index is 2610. The molecule has 4 heterocycles. The number of benzene rings is 4. The van der Waals surface area contributed by atoms with Gasteiger partial charge in [-0.2, -0.15) is 0 Å². The van der Waals surface area contributed by atoms with Crippen LogP contribution >= 0.6 is 0 Å². The van der Waals surface area contributed by atoms with Gasteiger partial charge >= 0.3 is 18.2 Å². The number of rotatable bonds is 18. The molecule has 4 fully saturated rings. The minimum Gasteiger partial charge on any atom is -0.481 e. The van der Waals surface area contributed by atoms with Crippen LogP contribution in [0.3, 0.4) is 0 Å². The zero-order valence-electron chi connectivity index (χ0n) is 41.8. The second-order valence-corrected chi connectivity index (χ2v) is 19.1. The summed E-state index contributed by atoms with van der Waals surface area (Å²) in [6, 6.07) is 28.9. The van der Waals surface area contributed by atoms with E-state index in [4.69, 9.17) is 26.0 Å². The molecule has 388 valence electrons. The van der Waals surface area contributed by atoms with E-state index in [-0.39, 0.29) is 84.1 Å². The van der Waals surface area contributed by atoms with Crippen LogP contribution in [0.4, 0.5) is 32.3 Å². The van der Waals surface area contributed by atoms with Crippen LogP contribution in [-0.4, -0.2) is 122 Å². The number of hydrogen-bond acceptors (Lipinski definition) is 13. The molecule has 0 aliphatic carbocycles. The Morgan fingerprint density at radius 1 is 0.603 bits per heavy atom. The molecule has 5 amide bonds. The van der Waals surface area contributed by atoms with E-state index in [1.807, 2.05) is 36.4 Å². The number of nitrogens with one attached hydrogen (secondary N) is 3. The molecule has 8 rings (SSSR count). The molecule has 0 saturated carbocycles. The molecule has 8 N–H and O–H groups in total. The molecule has 4 aromatic rings. The van der Waals surface area contributed by atoms with Gasteiger partial charge in [-0.1, -0.05) is 52.0 Å². The van der Waals surface area contributed by atoms with E-state index in [9.17, 15) is 38.4 Å². The number of nitrogen functional groups attached to an aromatic ring is 2. The first-order valence-electron chi connectivity index (χ1n) is 24.5. The number of Topliss-reactive ketones (excluding diaryl/α,β-unsaturated/α-hetero) is 2. The van der Waals surface area contributed by atoms with Crippen molar-refractivity contribution in [3.8, 4) is 0 Å². The number of ketones is 2. The van der Waals surface area contributed by atoms with Crippen molar-refractivity contribution in [2.24, 2.45) is 0 Å². The number of nitrogens with zero attached hydrogens (tertiary/aromatic N) is 3. The zero-order chi connectivity index (χ0) is 52.9. The first kappa shape index (κ1) is 54.5. The van der Waals surface area contributed by atoms with Gasteiger partial charge in [0.1, 0.15) is 12.2 Å². The maximum Gasteiger partial charge on any atom is 0.414 e. The van der Waals surface area contributed by atoms with E-state index in [0.29, 0.717) is 74.6 Å². The van der Waals surface area contributed by atoms with Crippen LogP contribution in [0, 0.1) is 0 Å². The van der Waals surface area contributed by atoms with E-state index in [0.717, 1.165) is 30.0 Å². The summed E-state index contributed by atoms with van der Waals surface area (Å²) in [5.74, 6) is -1.36. The third-order valence-corrected chi connectivity index (χ3v) is 13.3. The second kappa shape index (κ2) is 24.6. The normalized spacial score (nSPS) is 18.0. The minimum absolute atomic E-state index is 0.0270. The first-order chi connectivity index (χ1) is 34.8. The molecule has 19 heteroatoms. The lowest BCUT2D eigenvalue weighted by Crippen LogP contribution is -2.59. The molecule has 19 nitrogen and oxygen atoms in total. The number of amides is 5. The quantitative estimate of drug-likeness (QED) is 0.0524. The Hall–Kier alpha value is -7.80. The predicted molar refractivity (Wildman–Crippen MR) is 275 cm³/mol. The molecule has 4 aromatic carbocycles. The van der Waals surface area contributed by atoms with Gasteiger partial charge in [0.15, 0.2) is 11.6 Å². The average Bonchev–Trinajstić information content (AvgIpc) is 3.95. The van der Waals surface area contributed by atoms with Crippen LogP contribution in [0.1, 0.15) is 98.1 Å². The molecule has 0 radical (unpaired) electrons. The Morgan fingerprint density at radius 3 is 1.37 bits per heavy atom. The molecular formula is C54H66N8O11. The number of nitrogens with two attached hydrogens (primary N) is 2. The standard InChI is InChI=1S/C27H32N4O5.C17H23N3O3.C10H11NO3/c1-3-24(33)29-14-22-15-31(26(35)36-22)21-10-6-19(7-11-21)27(2)16-30(17-27)25(34)13-12-23(32)18-4-8-20(28)9-5-18;1-3-15(21)19-8-14-9-20(16(22)23-14)13-6-4-12(5-7-13)17(2)10-18-11-17;11-8-3-1-7(2-4-8)9(12)5-6-10(13)14/h4-11,22H,3,12-17,28H2,1-2H3,(H,29,33);4-7,14,18H,3,8-11H2,1-2H3,(H,19,21);1-4H,5-6,11H2,(H,13,14)/t22-;14-;/m00./s1. The SMILES string of the molecule is CCC(=O)NC[C@H]1CN(c2ccc(C3(C)CN(C(=O)CCC(=O)c4ccc(N)cc4)C3)cc2)C(=O)O1.CCC(=O)NC[C@H]1CN(c2ccc(C3(C)CNC3)cc2)C(=O)O1.Nc1ccc(C(=O)CCC(=O)O)cc1. The Kier molecular flexibility index (Phi) is 18.3. The van der Waals surface area contributed by atoms with Crippen LogP contribution in [0.15, 0.2) is 97.1 Å². The number of hydrogen-bond donors (Lipinski definition) is 6. The van der Waals surface area contributed by atoms with Gasteiger partial charge in [0.25, 0.3) is 0 Å². The fourth-order valence-corrected chi connectivity index (χ4v) is 8.56. The summed E-state index contributed by atoms with van der Waals surface area (Å²) in [6.45, 7) is 12.5. The predicted octanol–water partition coefficient (Wildman–Crippen LogP) is 5.60. The number of carboxylic acids is 1. The smallest absolute Gasteiger partial charge is 0.414 e. The molecule has 4 saturated heterocycles. The summed E-state index contributed by atoms with van der Waals surface area (Å²) in [7, 11) is 0. The molecule has 4 aliphatic rings. The highest BCUT2D eigenvalue weighted by Crippen LogP contribution is 2.36. The lowest BCUT2D eigenvalue weighted by molar-refractivity contribution is -0.138. The monoisotopic (exact) mass is 1000 g/mol. The highest BCUT2D eigenvalue weighted by Gasteiger charge is 2.43. The van der Waals surface area contributed by atoms with E-state index >= 15 is 0 Å². The fraction of sp³-hybridized carbons (Fsp3) is 0.407. The summed E-state index contributed by atoms with van der Waals surface area (Å²) in [4.78, 5) is 98.6. The lowest BCUT2D eigenvalue weighted by atomic mass is 9.75. The Labute approximate surface area is 424 Å². The fourth-order valence-electron chi connectivity index (χ4n) is 8.56. The van der Waals surface area contributed by atoms with Gasteiger partial charge in [0.2, 0.25) is 17.7 Å². The van der Waals surface area contributed by atoms with Crippen molar-refractivity contribution < 1.29 is 52.9 Å². The van der Waals surface area contributed by atoms with Crippen molar-refractivity contribution in [1.82, 2.24) is 20.9 Å². The molecule has 73 heavy (non-hydrogen) atoms. The van der Waals surface area contributed by atoms with Gasteiger partial charge in [0, 0.05) is 103 Å². The zero-order valence-corrected chi connectivity index (χ0v) is 41.8. The summed E-state index contributed by atoms with van der Waals surface area (Å²) in [5.41, 5.74) is 17.3. The second-order valence-electron chi connectivity index (χ2n) is 19.1. The molecular weight excluding hydrogens is 937 g/mol. The number of anilines is 4. The van der Waals surface area contributed by atoms with E-state index in [2.05, 4.69) is 41.9 Å². The van der Waals surface area contributed by atoms with Crippen LogP contribution in [0.25, 0.3) is 0 Å². The Balaban J connectivity index is 0.000000200. The number of aliphatic carboxylic acids is 1. The number of likely N-dealkylation sites (tertiary alicyclic amines) is 1. The third kappa shape index (κ3) is 14.7. The highest BCUT2D eigenvalue weighted by atomic mass is 16.6. The number of carbonyl (C=O) groups is 8. The lowest BCUT2D eigenvalue weighted by Gasteiger charge is -2.48. The molecule has 0 unspecified atom stereocenters. The highest BCUT2D eigenvalue weighted by molar-refractivity contribution is 5.99. The largest absolute Gasteiger partial charge is 0.481 e. The van der Waals surface area contributed by atoms with Crippen molar-refractivity contribution in [2.75, 3.05) is 73.6 Å². The minimum atomic E-state index is -0.964. The molecule has 0 aromatic heterocycles. The topological polar surface area (TPSA) is 273 Å². The molecule has 0 spiro atoms. The third-order valence-electron chi connectivity index (χ3n) is 13.3. The molecule has 2 atom stereocenters. The van der Waals surface area contributed by atoms with Gasteiger partial charge < -0.3 is 46.9 Å². The van der Waals surface area contributed by atoms with E-state index < -0.39 is 12.1 Å². The van der Waals surface area contributed by atoms with Crippen molar-refractivity contribution in [3.05, 3.63) is 119 Å². The van der Waals surface area contributed by atoms with E-state index in [1.165, 1.54) is 5.56 Å². The number of carbonyl (C=O) groups excluding carboxylic acids is 7. The van der Waals surface area contributed by atoms with Gasteiger partial charge in [-0.05, 0) is 83.9 Å². The summed E-state index contributed by atoms with van der Waals surface area (Å²) >= 11 is 0. The van der Waals surface area contributed by atoms with Crippen LogP contribution in [0.2, 0.25) is 0 Å². The van der Waals surface area contributed by atoms with Crippen LogP contribution in [-0.2, 0) is 39.5 Å². The number of carboxylic acid groups (broad SMARTS) is 1. The number of cyclic esters (lactones) is 2. The van der Waals surface area contributed by atoms with Crippen molar-refractivity contribution in [3.63, 3.8) is 0 Å². The van der Waals surface area contributed by atoms with Gasteiger partial charge in [-0.25, -0.2) is 9.59 Å². The summed E-state index contributed by atoms with van der Waals surface area (Å²) in [5, 5.41) is 17.2. The Morgan fingerprint density at radius 2 is 1.00 bits per heavy atom. The van der Waals surface area contributed by atoms with Crippen LogP contribution in [0.5, 0.6) is 0 Å². The van der Waals surface area contributed by atoms with Gasteiger partial charge in [0.05, 0.1) is 32.6 Å². The number of ether oxygens (including phenoxy) is 2. The molecule has 4 aliphatic heterocycles. The van der Waals surface area contributed by atoms with Crippen LogP contribution < -0.4 is 37.2 Å². The summed E-state index contributed by atoms with van der Waals surface area (Å²) < 4.78 is 10.7. The first-order valence-corrected chi connectivity index (χ1v) is 24.5. The van der Waals surface area contributed by atoms with Crippen molar-refractivity contribution in [2.45, 2.75) is 89.3 Å². The van der Waals surface area contributed by atoms with Gasteiger partial charge in [-0.3, -0.25) is 38.6 Å². The maximum absolute atomic E-state index is 12.6. The summed E-state index contributed by atoms with van der Waals surface area (Å²) in [6.07, 6.45) is -0.426. The average molecular weight is 1000 g/mol. The maximum atomic E-state index is 12.6. The molecule has 0 bridgehead atoms. The van der Waals surface area contributed by atoms with Crippen molar-refractivity contribution >= 4 is 70.2 Å². The van der Waals surface area contributed by atoms with E-state index in [1.54, 1.807) is 77.1 Å². The van der Waals surface area contributed by atoms with Gasteiger partial charge in [-0.15, -0.1) is 0 Å².